The monoisotopic (exact) mass is 411 g/mol. The maximum atomic E-state index is 12.9. The molecule has 0 aliphatic carbocycles. The van der Waals surface area contributed by atoms with Crippen LogP contribution in [-0.4, -0.2) is 57.9 Å². The van der Waals surface area contributed by atoms with E-state index in [9.17, 15) is 18.5 Å². The van der Waals surface area contributed by atoms with Gasteiger partial charge in [-0.1, -0.05) is 0 Å². The van der Waals surface area contributed by atoms with Crippen LogP contribution < -0.4 is 9.80 Å². The number of hydrogen-bond donors (Lipinski definition) is 1. The lowest BCUT2D eigenvalue weighted by atomic mass is 10.2. The highest BCUT2D eigenvalue weighted by molar-refractivity contribution is 7.89. The lowest BCUT2D eigenvalue weighted by Gasteiger charge is -2.29. The summed E-state index contributed by atoms with van der Waals surface area (Å²) in [5, 5.41) is 15.5. The van der Waals surface area contributed by atoms with Crippen LogP contribution in [0.2, 0.25) is 0 Å². The molecule has 1 aliphatic rings. The van der Waals surface area contributed by atoms with Gasteiger partial charge in [0.05, 0.1) is 43.0 Å². The average molecular weight is 412 g/mol. The van der Waals surface area contributed by atoms with Gasteiger partial charge in [0.1, 0.15) is 5.69 Å². The maximum absolute atomic E-state index is 12.9. The van der Waals surface area contributed by atoms with Crippen molar-refractivity contribution in [2.45, 2.75) is 11.4 Å². The van der Waals surface area contributed by atoms with Crippen LogP contribution in [0.1, 0.15) is 5.56 Å². The minimum Gasteiger partial charge on any atom is -0.365 e. The molecule has 10 heteroatoms. The first-order valence-electron chi connectivity index (χ1n) is 8.61. The lowest BCUT2D eigenvalue weighted by Crippen LogP contribution is -3.12. The summed E-state index contributed by atoms with van der Waals surface area (Å²) in [7, 11) is 0.0469. The zero-order chi connectivity index (χ0) is 19.6. The highest BCUT2D eigenvalue weighted by Gasteiger charge is 2.31. The van der Waals surface area contributed by atoms with Gasteiger partial charge in [0.15, 0.2) is 0 Å². The predicted octanol–water partition coefficient (Wildman–Crippen LogP) is 0.812. The molecule has 1 aliphatic heterocycles. The molecule has 0 unspecified atom stereocenters. The summed E-state index contributed by atoms with van der Waals surface area (Å²) in [5.41, 5.74) is 1.25. The Balaban J connectivity index is 1.90. The third kappa shape index (κ3) is 4.29. The second kappa shape index (κ2) is 7.93. The molecule has 0 radical (unpaired) electrons. The van der Waals surface area contributed by atoms with Gasteiger partial charge in [-0.3, -0.25) is 10.1 Å². The zero-order valence-electron chi connectivity index (χ0n) is 15.3. The Morgan fingerprint density at radius 2 is 2.00 bits per heavy atom. The summed E-state index contributed by atoms with van der Waals surface area (Å²) in [6.07, 6.45) is 0. The molecule has 1 saturated heterocycles. The van der Waals surface area contributed by atoms with Gasteiger partial charge in [-0.15, -0.1) is 0 Å². The molecule has 0 saturated carbocycles. The van der Waals surface area contributed by atoms with E-state index in [1.54, 1.807) is 23.3 Å². The normalized spacial score (nSPS) is 16.4. The van der Waals surface area contributed by atoms with Crippen molar-refractivity contribution >= 4 is 32.7 Å². The number of nitro groups is 1. The first kappa shape index (κ1) is 19.7. The third-order valence-electron chi connectivity index (χ3n) is 4.77. The molecule has 0 spiro atoms. The van der Waals surface area contributed by atoms with Crippen molar-refractivity contribution in [1.82, 2.24) is 4.31 Å². The molecule has 2 heterocycles. The number of rotatable bonds is 6. The van der Waals surface area contributed by atoms with E-state index in [1.165, 1.54) is 27.4 Å². The Labute approximate surface area is 162 Å². The number of sulfonamides is 1. The van der Waals surface area contributed by atoms with Gasteiger partial charge in [-0.25, -0.2) is 8.42 Å². The number of nitrogens with one attached hydrogen (secondary N) is 1. The van der Waals surface area contributed by atoms with E-state index in [0.29, 0.717) is 25.3 Å². The molecule has 0 amide bonds. The largest absolute Gasteiger partial charge is 0.365 e. The molecule has 27 heavy (non-hydrogen) atoms. The number of piperazine rings is 1. The van der Waals surface area contributed by atoms with Crippen molar-refractivity contribution < 1.29 is 18.2 Å². The molecule has 0 atom stereocenters. The quantitative estimate of drug-likeness (QED) is 0.561. The van der Waals surface area contributed by atoms with Crippen molar-refractivity contribution in [1.29, 1.82) is 0 Å². The summed E-state index contributed by atoms with van der Waals surface area (Å²) >= 11 is 1.56. The van der Waals surface area contributed by atoms with E-state index in [-0.39, 0.29) is 10.6 Å². The maximum Gasteiger partial charge on any atom is 0.293 e. The number of anilines is 1. The van der Waals surface area contributed by atoms with E-state index in [1.807, 2.05) is 23.9 Å². The van der Waals surface area contributed by atoms with Crippen LogP contribution in [0.3, 0.4) is 0 Å². The Morgan fingerprint density at radius 3 is 2.59 bits per heavy atom. The topological polar surface area (TPSA) is 88.2 Å². The molecule has 1 aromatic carbocycles. The number of benzene rings is 1. The number of nitro benzene ring substituents is 1. The Morgan fingerprint density at radius 1 is 1.30 bits per heavy atom. The Bertz CT molecular complexity index is 907. The summed E-state index contributed by atoms with van der Waals surface area (Å²) in [6, 6.07) is 6.13. The Hall–Kier alpha value is -2.01. The molecule has 1 N–H and O–H groups in total. The summed E-state index contributed by atoms with van der Waals surface area (Å²) < 4.78 is 27.2. The van der Waals surface area contributed by atoms with Crippen LogP contribution >= 0.6 is 11.3 Å². The van der Waals surface area contributed by atoms with E-state index in [2.05, 4.69) is 0 Å². The first-order chi connectivity index (χ1) is 12.8. The van der Waals surface area contributed by atoms with Crippen LogP contribution in [-0.2, 0) is 16.6 Å². The highest BCUT2D eigenvalue weighted by atomic mass is 32.2. The Kier molecular flexibility index (Phi) is 5.80. The van der Waals surface area contributed by atoms with Gasteiger partial charge in [-0.05, 0) is 34.5 Å². The minimum atomic E-state index is -3.74. The van der Waals surface area contributed by atoms with Crippen molar-refractivity contribution in [3.05, 3.63) is 50.7 Å². The summed E-state index contributed by atoms with van der Waals surface area (Å²) in [6.45, 7) is 2.80. The van der Waals surface area contributed by atoms with E-state index < -0.39 is 14.9 Å². The zero-order valence-corrected chi connectivity index (χ0v) is 16.9. The van der Waals surface area contributed by atoms with Crippen molar-refractivity contribution in [2.75, 3.05) is 45.2 Å². The first-order valence-corrected chi connectivity index (χ1v) is 11.0. The standard InChI is InChI=1S/C17H22N4O4S2/c1-18-6-8-20(9-7-18)27(24,25)15-3-4-16(17(11-15)21(22)23)19(2)12-14-5-10-26-13-14/h3-5,10-11,13H,6-9,12H2,1-2H3/p+1. The smallest absolute Gasteiger partial charge is 0.293 e. The SMILES string of the molecule is CN(Cc1ccsc1)c1ccc(S(=O)(=O)N2CC[NH+](C)CC2)cc1[N+](=O)[O-]. The molecule has 0 bridgehead atoms. The fraction of sp³-hybridized carbons (Fsp3) is 0.412. The second-order valence-electron chi connectivity index (χ2n) is 6.76. The predicted molar refractivity (Wildman–Crippen MR) is 105 cm³/mol. The van der Waals surface area contributed by atoms with Gasteiger partial charge in [0.25, 0.3) is 5.69 Å². The number of hydrogen-bond acceptors (Lipinski definition) is 6. The van der Waals surface area contributed by atoms with Crippen molar-refractivity contribution in [3.8, 4) is 0 Å². The highest BCUT2D eigenvalue weighted by Crippen LogP contribution is 2.32. The molecule has 2 aromatic rings. The number of nitrogens with zero attached hydrogens (tertiary/aromatic N) is 3. The average Bonchev–Trinajstić information content (AvgIpc) is 3.14. The molecule has 3 rings (SSSR count). The minimum absolute atomic E-state index is 0.0264. The second-order valence-corrected chi connectivity index (χ2v) is 9.47. The van der Waals surface area contributed by atoms with Gasteiger partial charge in [0.2, 0.25) is 10.0 Å². The molecular weight excluding hydrogens is 388 g/mol. The lowest BCUT2D eigenvalue weighted by molar-refractivity contribution is -0.883. The molecular formula is C17H23N4O4S2+. The molecule has 146 valence electrons. The van der Waals surface area contributed by atoms with Crippen LogP contribution in [0.15, 0.2) is 39.9 Å². The number of thiophene rings is 1. The fourth-order valence-electron chi connectivity index (χ4n) is 3.13. The van der Waals surface area contributed by atoms with Gasteiger partial charge >= 0.3 is 0 Å². The summed E-state index contributed by atoms with van der Waals surface area (Å²) in [4.78, 5) is 14.1. The van der Waals surface area contributed by atoms with Gasteiger partial charge < -0.3 is 9.80 Å². The van der Waals surface area contributed by atoms with E-state index >= 15 is 0 Å². The van der Waals surface area contributed by atoms with E-state index in [0.717, 1.165) is 18.7 Å². The van der Waals surface area contributed by atoms with Gasteiger partial charge in [0, 0.05) is 19.7 Å². The third-order valence-corrected chi connectivity index (χ3v) is 7.40. The van der Waals surface area contributed by atoms with Crippen LogP contribution in [0.4, 0.5) is 11.4 Å². The number of likely N-dealkylation sites (N-methyl/N-ethyl adjacent to an activating group) is 1. The summed E-state index contributed by atoms with van der Waals surface area (Å²) in [5.74, 6) is 0. The van der Waals surface area contributed by atoms with Crippen LogP contribution in [0, 0.1) is 10.1 Å². The van der Waals surface area contributed by atoms with Crippen molar-refractivity contribution in [2.24, 2.45) is 0 Å². The molecule has 1 fully saturated rings. The van der Waals surface area contributed by atoms with E-state index in [4.69, 9.17) is 0 Å². The van der Waals surface area contributed by atoms with Crippen LogP contribution in [0.25, 0.3) is 0 Å². The molecule has 8 nitrogen and oxygen atoms in total. The van der Waals surface area contributed by atoms with Crippen molar-refractivity contribution in [3.63, 3.8) is 0 Å². The van der Waals surface area contributed by atoms with Crippen LogP contribution in [0.5, 0.6) is 0 Å². The molecule has 1 aromatic heterocycles. The van der Waals surface area contributed by atoms with Gasteiger partial charge in [-0.2, -0.15) is 15.6 Å². The number of quaternary nitrogens is 1. The fourth-order valence-corrected chi connectivity index (χ4v) is 5.25.